The van der Waals surface area contributed by atoms with Crippen LogP contribution in [-0.4, -0.2) is 85.7 Å². The molecule has 2 saturated heterocycles. The van der Waals surface area contributed by atoms with Crippen molar-refractivity contribution in [1.82, 2.24) is 20.4 Å². The number of nitrogens with one attached hydrogen (secondary N) is 2. The van der Waals surface area contributed by atoms with Crippen LogP contribution in [0.1, 0.15) is 32.6 Å². The van der Waals surface area contributed by atoms with Gasteiger partial charge in [-0.2, -0.15) is 0 Å². The van der Waals surface area contributed by atoms with Gasteiger partial charge in [0.15, 0.2) is 0 Å². The Balaban J connectivity index is 1.32. The third-order valence-electron chi connectivity index (χ3n) is 5.18. The summed E-state index contributed by atoms with van der Waals surface area (Å²) in [6.45, 7) is 7.16. The van der Waals surface area contributed by atoms with Crippen LogP contribution in [-0.2, 0) is 14.3 Å². The first-order valence-electron chi connectivity index (χ1n) is 9.27. The second-order valence-electron chi connectivity index (χ2n) is 7.21. The molecule has 0 spiro atoms. The van der Waals surface area contributed by atoms with Gasteiger partial charge in [-0.1, -0.05) is 0 Å². The Labute approximate surface area is 144 Å². The van der Waals surface area contributed by atoms with Crippen molar-refractivity contribution in [3.8, 4) is 0 Å². The van der Waals surface area contributed by atoms with Crippen molar-refractivity contribution in [3.63, 3.8) is 0 Å². The molecule has 0 aromatic heterocycles. The van der Waals surface area contributed by atoms with Crippen molar-refractivity contribution in [1.29, 1.82) is 0 Å². The molecule has 1 aliphatic carbocycles. The van der Waals surface area contributed by atoms with Crippen molar-refractivity contribution in [2.45, 2.75) is 50.8 Å². The van der Waals surface area contributed by atoms with E-state index in [9.17, 15) is 9.59 Å². The van der Waals surface area contributed by atoms with Gasteiger partial charge in [0.05, 0.1) is 18.7 Å². The Kier molecular flexibility index (Phi) is 6.08. The smallest absolute Gasteiger partial charge is 0.237 e. The van der Waals surface area contributed by atoms with Crippen LogP contribution in [0.3, 0.4) is 0 Å². The zero-order chi connectivity index (χ0) is 16.9. The highest BCUT2D eigenvalue weighted by atomic mass is 16.5. The number of hydrogen-bond donors (Lipinski definition) is 2. The van der Waals surface area contributed by atoms with Crippen LogP contribution < -0.4 is 10.6 Å². The van der Waals surface area contributed by atoms with E-state index in [-0.39, 0.29) is 24.0 Å². The molecule has 2 unspecified atom stereocenters. The number of carbonyl (C=O) groups excluding carboxylic acids is 2. The number of piperazine rings is 1. The van der Waals surface area contributed by atoms with Crippen molar-refractivity contribution in [2.24, 2.45) is 0 Å². The number of hydrogen-bond acceptors (Lipinski definition) is 5. The summed E-state index contributed by atoms with van der Waals surface area (Å²) in [4.78, 5) is 28.5. The van der Waals surface area contributed by atoms with E-state index in [1.165, 1.54) is 0 Å². The first-order chi connectivity index (χ1) is 11.6. The van der Waals surface area contributed by atoms with Crippen LogP contribution >= 0.6 is 0 Å². The van der Waals surface area contributed by atoms with Crippen molar-refractivity contribution in [2.75, 3.05) is 45.9 Å². The zero-order valence-corrected chi connectivity index (χ0v) is 14.6. The van der Waals surface area contributed by atoms with Gasteiger partial charge in [-0.15, -0.1) is 0 Å². The lowest BCUT2D eigenvalue weighted by Gasteiger charge is -2.37. The fourth-order valence-electron chi connectivity index (χ4n) is 3.32. The van der Waals surface area contributed by atoms with E-state index in [0.29, 0.717) is 19.1 Å². The van der Waals surface area contributed by atoms with E-state index in [1.54, 1.807) is 0 Å². The minimum Gasteiger partial charge on any atom is -0.376 e. The first kappa shape index (κ1) is 17.6. The zero-order valence-electron chi connectivity index (χ0n) is 14.6. The normalized spacial score (nSPS) is 27.0. The molecule has 2 atom stereocenters. The Morgan fingerprint density at radius 3 is 2.54 bits per heavy atom. The van der Waals surface area contributed by atoms with Gasteiger partial charge >= 0.3 is 0 Å². The highest BCUT2D eigenvalue weighted by Gasteiger charge is 2.30. The fraction of sp³-hybridized carbons (Fsp3) is 0.882. The summed E-state index contributed by atoms with van der Waals surface area (Å²) in [7, 11) is 0. The molecule has 7 nitrogen and oxygen atoms in total. The van der Waals surface area contributed by atoms with Crippen LogP contribution in [0.4, 0.5) is 0 Å². The maximum Gasteiger partial charge on any atom is 0.237 e. The van der Waals surface area contributed by atoms with Gasteiger partial charge in [-0.05, 0) is 32.6 Å². The molecule has 2 heterocycles. The second-order valence-corrected chi connectivity index (χ2v) is 7.21. The van der Waals surface area contributed by atoms with E-state index < -0.39 is 0 Å². The predicted octanol–water partition coefficient (Wildman–Crippen LogP) is -0.434. The van der Waals surface area contributed by atoms with Gasteiger partial charge in [0.25, 0.3) is 0 Å². The summed E-state index contributed by atoms with van der Waals surface area (Å²) in [5.41, 5.74) is 0. The minimum atomic E-state index is -0.0823. The highest BCUT2D eigenvalue weighted by molar-refractivity contribution is 5.82. The lowest BCUT2D eigenvalue weighted by Crippen LogP contribution is -2.55. The number of carbonyl (C=O) groups is 2. The predicted molar refractivity (Wildman–Crippen MR) is 90.6 cm³/mol. The van der Waals surface area contributed by atoms with Crippen LogP contribution in [0.15, 0.2) is 0 Å². The molecule has 3 aliphatic rings. The van der Waals surface area contributed by atoms with Gasteiger partial charge in [0.1, 0.15) is 0 Å². The summed E-state index contributed by atoms with van der Waals surface area (Å²) in [5, 5.41) is 6.04. The lowest BCUT2D eigenvalue weighted by atomic mass is 10.2. The Morgan fingerprint density at radius 1 is 1.17 bits per heavy atom. The number of amides is 2. The molecule has 0 radical (unpaired) electrons. The van der Waals surface area contributed by atoms with Gasteiger partial charge in [-0.3, -0.25) is 19.4 Å². The Bertz CT molecular complexity index is 441. The van der Waals surface area contributed by atoms with E-state index in [0.717, 1.165) is 58.5 Å². The summed E-state index contributed by atoms with van der Waals surface area (Å²) >= 11 is 0. The van der Waals surface area contributed by atoms with E-state index in [4.69, 9.17) is 4.74 Å². The van der Waals surface area contributed by atoms with Crippen LogP contribution in [0.25, 0.3) is 0 Å². The summed E-state index contributed by atoms with van der Waals surface area (Å²) < 4.78 is 5.52. The Hall–Kier alpha value is -1.18. The molecule has 2 aliphatic heterocycles. The molecule has 0 bridgehead atoms. The third-order valence-corrected chi connectivity index (χ3v) is 5.18. The Morgan fingerprint density at radius 2 is 1.92 bits per heavy atom. The quantitative estimate of drug-likeness (QED) is 0.659. The second kappa shape index (κ2) is 8.27. The van der Waals surface area contributed by atoms with Crippen molar-refractivity contribution >= 4 is 11.8 Å². The fourth-order valence-corrected chi connectivity index (χ4v) is 3.32. The average molecular weight is 338 g/mol. The largest absolute Gasteiger partial charge is 0.376 e. The average Bonchev–Trinajstić information content (AvgIpc) is 3.24. The van der Waals surface area contributed by atoms with Gasteiger partial charge in [0, 0.05) is 45.4 Å². The minimum absolute atomic E-state index is 0.0680. The molecule has 1 saturated carbocycles. The summed E-state index contributed by atoms with van der Waals surface area (Å²) in [6, 6.07) is 0.329. The van der Waals surface area contributed by atoms with Crippen LogP contribution in [0.2, 0.25) is 0 Å². The number of ether oxygens (including phenoxy) is 1. The van der Waals surface area contributed by atoms with Crippen LogP contribution in [0.5, 0.6) is 0 Å². The van der Waals surface area contributed by atoms with Gasteiger partial charge in [0.2, 0.25) is 11.8 Å². The van der Waals surface area contributed by atoms with E-state index in [2.05, 4.69) is 20.4 Å². The number of nitrogens with zero attached hydrogens (tertiary/aromatic N) is 2. The molecule has 7 heteroatoms. The molecule has 2 amide bonds. The van der Waals surface area contributed by atoms with E-state index >= 15 is 0 Å². The SMILES string of the molecule is CC(C(=O)NC1CC1)N1CCN(CC(=O)NCC2CCCO2)CC1. The molecule has 0 aromatic rings. The standard InChI is InChI=1S/C17H30N4O3/c1-13(17(23)19-14-4-5-14)21-8-6-20(7-9-21)12-16(22)18-11-15-3-2-10-24-15/h13-15H,2-12H2,1H3,(H,18,22)(H,19,23). The summed E-state index contributed by atoms with van der Waals surface area (Å²) in [6.07, 6.45) is 4.56. The topological polar surface area (TPSA) is 73.9 Å². The molecule has 0 aromatic carbocycles. The van der Waals surface area contributed by atoms with Gasteiger partial charge in [-0.25, -0.2) is 0 Å². The lowest BCUT2D eigenvalue weighted by molar-refractivity contribution is -0.128. The first-order valence-corrected chi connectivity index (χ1v) is 9.27. The molecule has 136 valence electrons. The molecule has 2 N–H and O–H groups in total. The van der Waals surface area contributed by atoms with E-state index in [1.807, 2.05) is 6.92 Å². The molecular weight excluding hydrogens is 308 g/mol. The number of rotatable bonds is 7. The highest BCUT2D eigenvalue weighted by Crippen LogP contribution is 2.19. The summed E-state index contributed by atoms with van der Waals surface area (Å²) in [5.74, 6) is 0.207. The van der Waals surface area contributed by atoms with Crippen molar-refractivity contribution < 1.29 is 14.3 Å². The molecule has 3 fully saturated rings. The van der Waals surface area contributed by atoms with Crippen molar-refractivity contribution in [3.05, 3.63) is 0 Å². The monoisotopic (exact) mass is 338 g/mol. The molecule has 24 heavy (non-hydrogen) atoms. The van der Waals surface area contributed by atoms with Gasteiger partial charge < -0.3 is 15.4 Å². The third kappa shape index (κ3) is 5.16. The molecular formula is C17H30N4O3. The molecule has 3 rings (SSSR count). The van der Waals surface area contributed by atoms with Crippen LogP contribution in [0, 0.1) is 0 Å². The maximum absolute atomic E-state index is 12.1. The maximum atomic E-state index is 12.1.